The fourth-order valence-corrected chi connectivity index (χ4v) is 4.30. The summed E-state index contributed by atoms with van der Waals surface area (Å²) in [4.78, 5) is 5.11. The summed E-state index contributed by atoms with van der Waals surface area (Å²) in [5.74, 6) is 1.08. The molecule has 2 heterocycles. The zero-order chi connectivity index (χ0) is 20.2. The van der Waals surface area contributed by atoms with Crippen LogP contribution in [0, 0.1) is 5.92 Å². The zero-order valence-corrected chi connectivity index (χ0v) is 17.9. The Kier molecular flexibility index (Phi) is 10.9. The lowest BCUT2D eigenvalue weighted by atomic mass is 9.93. The lowest BCUT2D eigenvalue weighted by molar-refractivity contribution is 0.0443. The second kappa shape index (κ2) is 13.2. The number of methoxy groups -OCH3 is 1. The Morgan fingerprint density at radius 1 is 0.929 bits per heavy atom. The molecule has 160 valence electrons. The van der Waals surface area contributed by atoms with E-state index in [1.807, 2.05) is 24.3 Å². The second-order valence-corrected chi connectivity index (χ2v) is 8.02. The van der Waals surface area contributed by atoms with Crippen molar-refractivity contribution in [2.45, 2.75) is 51.6 Å². The fourth-order valence-electron chi connectivity index (χ4n) is 4.30. The summed E-state index contributed by atoms with van der Waals surface area (Å²) in [6.45, 7) is 8.65. The summed E-state index contributed by atoms with van der Waals surface area (Å²) >= 11 is 0. The summed E-state index contributed by atoms with van der Waals surface area (Å²) in [5.41, 5.74) is 0.985. The number of likely N-dealkylation sites (tertiary alicyclic amines) is 2. The van der Waals surface area contributed by atoms with E-state index >= 15 is 0 Å². The number of hydrogen-bond donors (Lipinski definition) is 2. The van der Waals surface area contributed by atoms with Crippen molar-refractivity contribution in [3.63, 3.8) is 0 Å². The van der Waals surface area contributed by atoms with Crippen LogP contribution in [-0.4, -0.2) is 73.0 Å². The second-order valence-electron chi connectivity index (χ2n) is 8.02. The molecular formula is C23H40N2O3. The predicted octanol–water partition coefficient (Wildman–Crippen LogP) is 3.32. The van der Waals surface area contributed by atoms with Crippen LogP contribution in [0.5, 0.6) is 5.75 Å². The van der Waals surface area contributed by atoms with Gasteiger partial charge in [0.15, 0.2) is 0 Å². The van der Waals surface area contributed by atoms with Gasteiger partial charge in [-0.1, -0.05) is 25.0 Å². The molecular weight excluding hydrogens is 352 g/mol. The SMILES string of the molecule is CCO.COc1cccc(C(O)C(CN2CCCCC2)CN2CCCCC2)c1. The van der Waals surface area contributed by atoms with E-state index < -0.39 is 6.10 Å². The molecule has 2 fully saturated rings. The third-order valence-electron chi connectivity index (χ3n) is 5.76. The number of ether oxygens (including phenoxy) is 1. The van der Waals surface area contributed by atoms with E-state index in [0.717, 1.165) is 24.4 Å². The molecule has 5 heteroatoms. The van der Waals surface area contributed by atoms with E-state index in [1.54, 1.807) is 14.0 Å². The van der Waals surface area contributed by atoms with Gasteiger partial charge in [0.1, 0.15) is 5.75 Å². The van der Waals surface area contributed by atoms with E-state index in [1.165, 1.54) is 64.7 Å². The molecule has 0 radical (unpaired) electrons. The molecule has 2 aliphatic heterocycles. The van der Waals surface area contributed by atoms with E-state index in [4.69, 9.17) is 9.84 Å². The molecule has 0 saturated carbocycles. The third kappa shape index (κ3) is 7.70. The summed E-state index contributed by atoms with van der Waals surface area (Å²) < 4.78 is 5.35. The average molecular weight is 393 g/mol. The van der Waals surface area contributed by atoms with Crippen LogP contribution in [0.3, 0.4) is 0 Å². The van der Waals surface area contributed by atoms with Gasteiger partial charge in [0.25, 0.3) is 0 Å². The maximum Gasteiger partial charge on any atom is 0.119 e. The van der Waals surface area contributed by atoms with Gasteiger partial charge in [0.2, 0.25) is 0 Å². The molecule has 0 aliphatic carbocycles. The Balaban J connectivity index is 0.000000878. The number of hydrogen-bond acceptors (Lipinski definition) is 5. The van der Waals surface area contributed by atoms with Gasteiger partial charge in [-0.2, -0.15) is 0 Å². The van der Waals surface area contributed by atoms with E-state index in [-0.39, 0.29) is 12.5 Å². The first kappa shape index (κ1) is 23.1. The predicted molar refractivity (Wildman–Crippen MR) is 115 cm³/mol. The van der Waals surface area contributed by atoms with Crippen molar-refractivity contribution < 1.29 is 14.9 Å². The normalized spacial score (nSPS) is 19.8. The number of rotatable bonds is 7. The number of nitrogens with zero attached hydrogens (tertiary/aromatic N) is 2. The Morgan fingerprint density at radius 2 is 1.43 bits per heavy atom. The highest BCUT2D eigenvalue weighted by molar-refractivity contribution is 5.30. The van der Waals surface area contributed by atoms with Crippen molar-refractivity contribution in [1.29, 1.82) is 0 Å². The zero-order valence-electron chi connectivity index (χ0n) is 17.9. The number of aliphatic hydroxyl groups excluding tert-OH is 2. The number of aliphatic hydroxyl groups is 2. The molecule has 2 N–H and O–H groups in total. The largest absolute Gasteiger partial charge is 0.497 e. The summed E-state index contributed by atoms with van der Waals surface area (Å²) in [7, 11) is 1.68. The van der Waals surface area contributed by atoms with Gasteiger partial charge in [-0.25, -0.2) is 0 Å². The summed E-state index contributed by atoms with van der Waals surface area (Å²) in [6, 6.07) is 7.95. The fraction of sp³-hybridized carbons (Fsp3) is 0.739. The number of piperidine rings is 2. The summed E-state index contributed by atoms with van der Waals surface area (Å²) in [5, 5.41) is 18.7. The number of benzene rings is 1. The molecule has 0 aromatic heterocycles. The lowest BCUT2D eigenvalue weighted by Gasteiger charge is -2.36. The maximum atomic E-state index is 11.2. The van der Waals surface area contributed by atoms with Crippen molar-refractivity contribution in [2.75, 3.05) is 53.0 Å². The van der Waals surface area contributed by atoms with Crippen molar-refractivity contribution in [2.24, 2.45) is 5.92 Å². The maximum absolute atomic E-state index is 11.2. The van der Waals surface area contributed by atoms with E-state index in [9.17, 15) is 5.11 Å². The molecule has 2 aliphatic rings. The van der Waals surface area contributed by atoms with Gasteiger partial charge < -0.3 is 24.7 Å². The minimum atomic E-state index is -0.432. The standard InChI is InChI=1S/C21H34N2O2.C2H6O/c1-25-20-10-8-9-18(15-20)21(24)19(16-22-11-4-2-5-12-22)17-23-13-6-3-7-14-23;1-2-3/h8-10,15,19,21,24H,2-7,11-14,16-17H2,1H3;3H,2H2,1H3. The van der Waals surface area contributed by atoms with Crippen molar-refractivity contribution in [3.8, 4) is 5.75 Å². The molecule has 0 bridgehead atoms. The van der Waals surface area contributed by atoms with Gasteiger partial charge in [0, 0.05) is 25.6 Å². The molecule has 2 saturated heterocycles. The Bertz CT molecular complexity index is 508. The summed E-state index contributed by atoms with van der Waals surface area (Å²) in [6.07, 6.45) is 7.46. The first-order valence-electron chi connectivity index (χ1n) is 11.1. The van der Waals surface area contributed by atoms with Crippen LogP contribution in [0.25, 0.3) is 0 Å². The topological polar surface area (TPSA) is 56.2 Å². The van der Waals surface area contributed by atoms with Crippen LogP contribution in [0.4, 0.5) is 0 Å². The monoisotopic (exact) mass is 392 g/mol. The highest BCUT2D eigenvalue weighted by Gasteiger charge is 2.27. The molecule has 5 nitrogen and oxygen atoms in total. The highest BCUT2D eigenvalue weighted by atomic mass is 16.5. The molecule has 1 unspecified atom stereocenters. The van der Waals surface area contributed by atoms with E-state index in [2.05, 4.69) is 9.80 Å². The molecule has 1 atom stereocenters. The Hall–Kier alpha value is -1.14. The molecule has 0 amide bonds. The third-order valence-corrected chi connectivity index (χ3v) is 5.76. The quantitative estimate of drug-likeness (QED) is 0.746. The highest BCUT2D eigenvalue weighted by Crippen LogP contribution is 2.28. The van der Waals surface area contributed by atoms with Gasteiger partial charge in [0.05, 0.1) is 13.2 Å². The first-order chi connectivity index (χ1) is 13.7. The lowest BCUT2D eigenvalue weighted by Crippen LogP contribution is -2.42. The van der Waals surface area contributed by atoms with Crippen molar-refractivity contribution >= 4 is 0 Å². The minimum Gasteiger partial charge on any atom is -0.497 e. The molecule has 1 aromatic rings. The average Bonchev–Trinajstić information content (AvgIpc) is 2.75. The Labute approximate surface area is 171 Å². The first-order valence-corrected chi connectivity index (χ1v) is 11.1. The van der Waals surface area contributed by atoms with Crippen LogP contribution < -0.4 is 4.74 Å². The molecule has 0 spiro atoms. The van der Waals surface area contributed by atoms with Crippen LogP contribution in [0.1, 0.15) is 57.1 Å². The van der Waals surface area contributed by atoms with Gasteiger partial charge >= 0.3 is 0 Å². The van der Waals surface area contributed by atoms with Gasteiger partial charge in [-0.05, 0) is 76.5 Å². The van der Waals surface area contributed by atoms with Crippen molar-refractivity contribution in [1.82, 2.24) is 9.80 Å². The van der Waals surface area contributed by atoms with Crippen LogP contribution in [0.2, 0.25) is 0 Å². The molecule has 28 heavy (non-hydrogen) atoms. The smallest absolute Gasteiger partial charge is 0.119 e. The van der Waals surface area contributed by atoms with Crippen molar-refractivity contribution in [3.05, 3.63) is 29.8 Å². The molecule has 3 rings (SSSR count). The van der Waals surface area contributed by atoms with Gasteiger partial charge in [-0.15, -0.1) is 0 Å². The van der Waals surface area contributed by atoms with E-state index in [0.29, 0.717) is 0 Å². The Morgan fingerprint density at radius 3 is 1.89 bits per heavy atom. The van der Waals surface area contributed by atoms with Crippen LogP contribution in [-0.2, 0) is 0 Å². The molecule has 1 aromatic carbocycles. The van der Waals surface area contributed by atoms with Gasteiger partial charge in [-0.3, -0.25) is 0 Å². The van der Waals surface area contributed by atoms with Crippen LogP contribution >= 0.6 is 0 Å². The van der Waals surface area contributed by atoms with Crippen LogP contribution in [0.15, 0.2) is 24.3 Å². The minimum absolute atomic E-state index is 0.250.